The molecule has 2 fully saturated rings. The van der Waals surface area contributed by atoms with Crippen molar-refractivity contribution in [1.82, 2.24) is 10.2 Å². The van der Waals surface area contributed by atoms with Crippen LogP contribution in [0.1, 0.15) is 39.0 Å². The van der Waals surface area contributed by atoms with Crippen LogP contribution in [0, 0.1) is 11.8 Å². The fourth-order valence-corrected chi connectivity index (χ4v) is 2.46. The Morgan fingerprint density at radius 2 is 1.95 bits per heavy atom. The predicted octanol–water partition coefficient (Wildman–Crippen LogP) is 2.73. The molecule has 1 aliphatic heterocycles. The first-order valence-corrected chi connectivity index (χ1v) is 7.83. The summed E-state index contributed by atoms with van der Waals surface area (Å²) >= 11 is 0. The van der Waals surface area contributed by atoms with Crippen molar-refractivity contribution in [3.05, 3.63) is 0 Å². The van der Waals surface area contributed by atoms with E-state index in [1.807, 2.05) is 7.05 Å². The third-order valence-electron chi connectivity index (χ3n) is 4.09. The third-order valence-corrected chi connectivity index (χ3v) is 4.09. The zero-order chi connectivity index (χ0) is 13.5. The first kappa shape index (κ1) is 18.0. The van der Waals surface area contributed by atoms with E-state index in [-0.39, 0.29) is 24.0 Å². The molecule has 0 bridgehead atoms. The minimum atomic E-state index is 0. The van der Waals surface area contributed by atoms with Crippen LogP contribution in [0.15, 0.2) is 4.99 Å². The van der Waals surface area contributed by atoms with Gasteiger partial charge in [-0.1, -0.05) is 6.92 Å². The van der Waals surface area contributed by atoms with Gasteiger partial charge in [-0.2, -0.15) is 0 Å². The number of likely N-dealkylation sites (tertiary alicyclic amines) is 1. The van der Waals surface area contributed by atoms with Crippen LogP contribution in [0.5, 0.6) is 0 Å². The van der Waals surface area contributed by atoms with Gasteiger partial charge in [-0.25, -0.2) is 0 Å². The van der Waals surface area contributed by atoms with Gasteiger partial charge in [0.25, 0.3) is 0 Å². The smallest absolute Gasteiger partial charge is 0.193 e. The Labute approximate surface area is 140 Å². The Bertz CT molecular complexity index is 287. The summed E-state index contributed by atoms with van der Waals surface area (Å²) in [4.78, 5) is 6.76. The monoisotopic (exact) mass is 395 g/mol. The highest BCUT2D eigenvalue weighted by atomic mass is 127. The second kappa shape index (κ2) is 9.82. The number of rotatable bonds is 6. The molecule has 2 aliphatic rings. The minimum absolute atomic E-state index is 0. The van der Waals surface area contributed by atoms with Gasteiger partial charge in [-0.05, 0) is 43.9 Å². The molecular weight excluding hydrogens is 365 g/mol. The number of hydrogen-bond donors (Lipinski definition) is 1. The standard InChI is InChI=1S/C15H29N3O.HI/c1-13-6-9-18(10-7-13)15(16-2)17-8-3-11-19-12-14-4-5-14;/h13-14H,3-12H2,1-2H3,(H,16,17);1H. The second-order valence-electron chi connectivity index (χ2n) is 6.02. The van der Waals surface area contributed by atoms with Crippen LogP contribution in [-0.2, 0) is 4.74 Å². The summed E-state index contributed by atoms with van der Waals surface area (Å²) in [6.07, 6.45) is 6.38. The second-order valence-corrected chi connectivity index (χ2v) is 6.02. The van der Waals surface area contributed by atoms with Crippen molar-refractivity contribution < 1.29 is 4.74 Å². The molecule has 1 aliphatic carbocycles. The molecule has 1 N–H and O–H groups in total. The zero-order valence-electron chi connectivity index (χ0n) is 12.9. The predicted molar refractivity (Wildman–Crippen MR) is 94.9 cm³/mol. The van der Waals surface area contributed by atoms with Crippen LogP contribution in [-0.4, -0.2) is 50.8 Å². The molecule has 0 amide bonds. The molecule has 0 spiro atoms. The van der Waals surface area contributed by atoms with Gasteiger partial charge in [0.1, 0.15) is 0 Å². The fraction of sp³-hybridized carbons (Fsp3) is 0.933. The van der Waals surface area contributed by atoms with Gasteiger partial charge in [-0.15, -0.1) is 24.0 Å². The number of piperidine rings is 1. The van der Waals surface area contributed by atoms with Crippen molar-refractivity contribution in [2.45, 2.75) is 39.0 Å². The van der Waals surface area contributed by atoms with E-state index >= 15 is 0 Å². The Kier molecular flexibility index (Phi) is 8.84. The van der Waals surface area contributed by atoms with Crippen molar-refractivity contribution in [2.75, 3.05) is 39.9 Å². The van der Waals surface area contributed by atoms with Crippen LogP contribution in [0.4, 0.5) is 0 Å². The molecular formula is C15H30IN3O. The summed E-state index contributed by atoms with van der Waals surface area (Å²) in [6, 6.07) is 0. The molecule has 20 heavy (non-hydrogen) atoms. The summed E-state index contributed by atoms with van der Waals surface area (Å²) in [5.74, 6) is 2.80. The van der Waals surface area contributed by atoms with E-state index < -0.39 is 0 Å². The van der Waals surface area contributed by atoms with Gasteiger partial charge in [0.15, 0.2) is 5.96 Å². The molecule has 0 aromatic carbocycles. The van der Waals surface area contributed by atoms with Crippen molar-refractivity contribution in [3.63, 3.8) is 0 Å². The maximum Gasteiger partial charge on any atom is 0.193 e. The highest BCUT2D eigenvalue weighted by Crippen LogP contribution is 2.28. The molecule has 0 aromatic heterocycles. The molecule has 4 nitrogen and oxygen atoms in total. The van der Waals surface area contributed by atoms with Crippen molar-refractivity contribution in [1.29, 1.82) is 0 Å². The fourth-order valence-electron chi connectivity index (χ4n) is 2.46. The summed E-state index contributed by atoms with van der Waals surface area (Å²) in [7, 11) is 1.88. The van der Waals surface area contributed by atoms with Crippen LogP contribution in [0.3, 0.4) is 0 Å². The molecule has 1 heterocycles. The highest BCUT2D eigenvalue weighted by Gasteiger charge is 2.21. The van der Waals surface area contributed by atoms with Crippen LogP contribution in [0.2, 0.25) is 0 Å². The first-order valence-electron chi connectivity index (χ1n) is 7.83. The molecule has 2 rings (SSSR count). The molecule has 118 valence electrons. The van der Waals surface area contributed by atoms with Gasteiger partial charge in [-0.3, -0.25) is 4.99 Å². The lowest BCUT2D eigenvalue weighted by atomic mass is 10.00. The minimum Gasteiger partial charge on any atom is -0.381 e. The third kappa shape index (κ3) is 6.61. The van der Waals surface area contributed by atoms with E-state index in [0.29, 0.717) is 0 Å². The maximum atomic E-state index is 5.64. The molecule has 0 atom stereocenters. The lowest BCUT2D eigenvalue weighted by Gasteiger charge is -2.32. The van der Waals surface area contributed by atoms with Gasteiger partial charge < -0.3 is 15.0 Å². The summed E-state index contributed by atoms with van der Waals surface area (Å²) in [5, 5.41) is 3.45. The Morgan fingerprint density at radius 1 is 1.25 bits per heavy atom. The zero-order valence-corrected chi connectivity index (χ0v) is 15.3. The molecule has 5 heteroatoms. The molecule has 1 saturated heterocycles. The highest BCUT2D eigenvalue weighted by molar-refractivity contribution is 14.0. The average molecular weight is 395 g/mol. The Balaban J connectivity index is 0.00000200. The summed E-state index contributed by atoms with van der Waals surface area (Å²) in [5.41, 5.74) is 0. The number of aliphatic imine (C=N–C) groups is 1. The quantitative estimate of drug-likeness (QED) is 0.325. The lowest BCUT2D eigenvalue weighted by molar-refractivity contribution is 0.122. The van der Waals surface area contributed by atoms with E-state index in [4.69, 9.17) is 4.74 Å². The van der Waals surface area contributed by atoms with E-state index in [0.717, 1.165) is 57.1 Å². The van der Waals surface area contributed by atoms with E-state index in [1.54, 1.807) is 0 Å². The van der Waals surface area contributed by atoms with E-state index in [1.165, 1.54) is 25.7 Å². The van der Waals surface area contributed by atoms with Crippen molar-refractivity contribution >= 4 is 29.9 Å². The number of halogens is 1. The number of guanidine groups is 1. The lowest BCUT2D eigenvalue weighted by Crippen LogP contribution is -2.45. The van der Waals surface area contributed by atoms with Gasteiger partial charge >= 0.3 is 0 Å². The topological polar surface area (TPSA) is 36.9 Å². The van der Waals surface area contributed by atoms with E-state index in [9.17, 15) is 0 Å². The van der Waals surface area contributed by atoms with Crippen molar-refractivity contribution in [2.24, 2.45) is 16.8 Å². The maximum absolute atomic E-state index is 5.64. The number of nitrogens with one attached hydrogen (secondary N) is 1. The van der Waals surface area contributed by atoms with E-state index in [2.05, 4.69) is 22.1 Å². The van der Waals surface area contributed by atoms with Gasteiger partial charge in [0.05, 0.1) is 0 Å². The Morgan fingerprint density at radius 3 is 2.55 bits per heavy atom. The van der Waals surface area contributed by atoms with Crippen LogP contribution < -0.4 is 5.32 Å². The van der Waals surface area contributed by atoms with Gasteiger partial charge in [0, 0.05) is 39.9 Å². The SMILES string of the molecule is CN=C(NCCCOCC1CC1)N1CCC(C)CC1.I. The molecule has 0 unspecified atom stereocenters. The van der Waals surface area contributed by atoms with Gasteiger partial charge in [0.2, 0.25) is 0 Å². The van der Waals surface area contributed by atoms with Crippen LogP contribution >= 0.6 is 24.0 Å². The number of hydrogen-bond acceptors (Lipinski definition) is 2. The summed E-state index contributed by atoms with van der Waals surface area (Å²) in [6.45, 7) is 7.42. The van der Waals surface area contributed by atoms with Crippen LogP contribution in [0.25, 0.3) is 0 Å². The summed E-state index contributed by atoms with van der Waals surface area (Å²) < 4.78 is 5.64. The molecule has 0 radical (unpaired) electrons. The molecule has 1 saturated carbocycles. The normalized spacial score (nSPS) is 20.7. The Hall–Kier alpha value is -0.0400. The average Bonchev–Trinajstić information content (AvgIpc) is 3.24. The number of ether oxygens (including phenoxy) is 1. The van der Waals surface area contributed by atoms with Crippen molar-refractivity contribution in [3.8, 4) is 0 Å². The largest absolute Gasteiger partial charge is 0.381 e. The number of nitrogens with zero attached hydrogens (tertiary/aromatic N) is 2. The molecule has 0 aromatic rings. The first-order chi connectivity index (χ1) is 9.29.